The summed E-state index contributed by atoms with van der Waals surface area (Å²) in [6, 6.07) is -0.796. The van der Waals surface area contributed by atoms with Gasteiger partial charge in [-0.05, 0) is 6.92 Å². The summed E-state index contributed by atoms with van der Waals surface area (Å²) >= 11 is 0. The first-order chi connectivity index (χ1) is 8.50. The highest BCUT2D eigenvalue weighted by Gasteiger charge is 2.18. The Bertz CT molecular complexity index is 621. The van der Waals surface area contributed by atoms with Crippen LogP contribution in [0.4, 0.5) is 5.82 Å². The maximum Gasteiger partial charge on any atom is 0.326 e. The number of nitrogens with one attached hydrogen (secondary N) is 1. The lowest BCUT2D eigenvalue weighted by atomic mass is 10.3. The lowest BCUT2D eigenvalue weighted by molar-refractivity contribution is -0.140. The van der Waals surface area contributed by atoms with Crippen molar-refractivity contribution in [3.8, 4) is 0 Å². The topological polar surface area (TPSA) is 110 Å². The Morgan fingerprint density at radius 3 is 2.72 bits per heavy atom. The molecule has 0 spiro atoms. The van der Waals surface area contributed by atoms with E-state index in [0.717, 1.165) is 0 Å². The molecule has 2 aromatic heterocycles. The number of rotatable bonds is 3. The third-order valence-corrected chi connectivity index (χ3v) is 2.43. The molecule has 0 radical (unpaired) electrons. The molecule has 1 atom stereocenters. The molecule has 2 aromatic rings. The van der Waals surface area contributed by atoms with Gasteiger partial charge in [0.15, 0.2) is 17.0 Å². The number of carbonyl (C=O) groups is 2. The van der Waals surface area contributed by atoms with Crippen molar-refractivity contribution in [2.45, 2.75) is 19.9 Å². The number of imidazole rings is 1. The molecule has 1 amide bonds. The van der Waals surface area contributed by atoms with Crippen LogP contribution in [0.2, 0.25) is 0 Å². The molecule has 8 heteroatoms. The Hall–Kier alpha value is -2.51. The predicted octanol–water partition coefficient (Wildman–Crippen LogP) is 0.430. The summed E-state index contributed by atoms with van der Waals surface area (Å²) in [5.41, 5.74) is 0.726. The molecule has 0 fully saturated rings. The molecule has 0 saturated heterocycles. The van der Waals surface area contributed by atoms with Crippen molar-refractivity contribution in [3.63, 3.8) is 0 Å². The molecular formula is C10H11N5O3. The zero-order valence-corrected chi connectivity index (χ0v) is 9.78. The zero-order chi connectivity index (χ0) is 13.3. The summed E-state index contributed by atoms with van der Waals surface area (Å²) < 4.78 is 1.41. The Labute approximate surface area is 102 Å². The quantitative estimate of drug-likeness (QED) is 0.816. The number of anilines is 1. The molecule has 1 unspecified atom stereocenters. The first kappa shape index (κ1) is 12.0. The SMILES string of the molecule is CC(=O)Nc1ncnc2c1ncn2C(C)C(=O)O. The third kappa shape index (κ3) is 1.99. The minimum absolute atomic E-state index is 0.267. The number of nitrogens with zero attached hydrogens (tertiary/aromatic N) is 4. The lowest BCUT2D eigenvalue weighted by Gasteiger charge is -2.08. The van der Waals surface area contributed by atoms with Gasteiger partial charge in [-0.15, -0.1) is 0 Å². The summed E-state index contributed by atoms with van der Waals surface area (Å²) in [5, 5.41) is 11.5. The molecule has 0 aromatic carbocycles. The Balaban J connectivity index is 2.54. The van der Waals surface area contributed by atoms with E-state index in [1.807, 2.05) is 0 Å². The third-order valence-electron chi connectivity index (χ3n) is 2.43. The zero-order valence-electron chi connectivity index (χ0n) is 9.78. The van der Waals surface area contributed by atoms with Crippen LogP contribution >= 0.6 is 0 Å². The van der Waals surface area contributed by atoms with Gasteiger partial charge < -0.3 is 15.0 Å². The van der Waals surface area contributed by atoms with Crippen LogP contribution in [-0.4, -0.2) is 36.5 Å². The monoisotopic (exact) mass is 249 g/mol. The van der Waals surface area contributed by atoms with Crippen LogP contribution < -0.4 is 5.32 Å². The average molecular weight is 249 g/mol. The van der Waals surface area contributed by atoms with Gasteiger partial charge in [-0.2, -0.15) is 0 Å². The lowest BCUT2D eigenvalue weighted by Crippen LogP contribution is -2.15. The molecule has 8 nitrogen and oxygen atoms in total. The van der Waals surface area contributed by atoms with Gasteiger partial charge in [0.2, 0.25) is 5.91 Å². The summed E-state index contributed by atoms with van der Waals surface area (Å²) in [6.45, 7) is 2.87. The second-order valence-corrected chi connectivity index (χ2v) is 3.74. The number of amides is 1. The van der Waals surface area contributed by atoms with Crippen LogP contribution in [0.25, 0.3) is 11.2 Å². The van der Waals surface area contributed by atoms with Gasteiger partial charge in [0, 0.05) is 6.92 Å². The smallest absolute Gasteiger partial charge is 0.326 e. The van der Waals surface area contributed by atoms with E-state index in [-0.39, 0.29) is 11.7 Å². The van der Waals surface area contributed by atoms with Crippen molar-refractivity contribution in [1.29, 1.82) is 0 Å². The normalized spacial score (nSPS) is 12.3. The van der Waals surface area contributed by atoms with Crippen molar-refractivity contribution in [1.82, 2.24) is 19.5 Å². The molecule has 94 valence electrons. The number of hydrogen-bond donors (Lipinski definition) is 2. The largest absolute Gasteiger partial charge is 0.480 e. The van der Waals surface area contributed by atoms with Crippen molar-refractivity contribution in [2.75, 3.05) is 5.32 Å². The van der Waals surface area contributed by atoms with Gasteiger partial charge in [0.25, 0.3) is 0 Å². The molecule has 2 rings (SSSR count). The summed E-state index contributed by atoms with van der Waals surface area (Å²) in [4.78, 5) is 33.9. The van der Waals surface area contributed by atoms with Gasteiger partial charge >= 0.3 is 5.97 Å². The van der Waals surface area contributed by atoms with Crippen molar-refractivity contribution in [2.24, 2.45) is 0 Å². The first-order valence-electron chi connectivity index (χ1n) is 5.18. The molecule has 2 N–H and O–H groups in total. The van der Waals surface area contributed by atoms with Crippen LogP contribution in [0.1, 0.15) is 19.9 Å². The first-order valence-corrected chi connectivity index (χ1v) is 5.18. The minimum atomic E-state index is -0.992. The van der Waals surface area contributed by atoms with E-state index < -0.39 is 12.0 Å². The van der Waals surface area contributed by atoms with Crippen molar-refractivity contribution < 1.29 is 14.7 Å². The predicted molar refractivity (Wildman–Crippen MR) is 62.0 cm³/mol. The standard InChI is InChI=1S/C10H11N5O3/c1-5(10(17)18)15-4-13-7-8(14-6(2)16)11-3-12-9(7)15/h3-5H,1-2H3,(H,17,18)(H,11,12,14,16). The van der Waals surface area contributed by atoms with Crippen molar-refractivity contribution >= 4 is 28.9 Å². The molecule has 0 saturated carbocycles. The Morgan fingerprint density at radius 2 is 2.11 bits per heavy atom. The van der Waals surface area contributed by atoms with Gasteiger partial charge in [0.1, 0.15) is 12.4 Å². The molecule has 0 aliphatic carbocycles. The summed E-state index contributed by atoms with van der Waals surface area (Å²) in [5.74, 6) is -1.01. The fourth-order valence-corrected chi connectivity index (χ4v) is 1.51. The van der Waals surface area contributed by atoms with E-state index >= 15 is 0 Å². The van der Waals surface area contributed by atoms with Gasteiger partial charge in [0.05, 0.1) is 6.33 Å². The second kappa shape index (κ2) is 4.40. The molecular weight excluding hydrogens is 238 g/mol. The van der Waals surface area contributed by atoms with Crippen LogP contribution in [0.3, 0.4) is 0 Å². The van der Waals surface area contributed by atoms with Gasteiger partial charge in [-0.1, -0.05) is 0 Å². The highest BCUT2D eigenvalue weighted by molar-refractivity contribution is 5.95. The van der Waals surface area contributed by atoms with E-state index in [0.29, 0.717) is 11.2 Å². The van der Waals surface area contributed by atoms with Crippen LogP contribution in [0, 0.1) is 0 Å². The Kier molecular flexibility index (Phi) is 2.92. The van der Waals surface area contributed by atoms with Gasteiger partial charge in [-0.3, -0.25) is 4.79 Å². The van der Waals surface area contributed by atoms with Crippen LogP contribution in [0.5, 0.6) is 0 Å². The minimum Gasteiger partial charge on any atom is -0.480 e. The highest BCUT2D eigenvalue weighted by Crippen LogP contribution is 2.20. The van der Waals surface area contributed by atoms with E-state index in [2.05, 4.69) is 20.3 Å². The van der Waals surface area contributed by atoms with Crippen LogP contribution in [0.15, 0.2) is 12.7 Å². The number of aromatic nitrogens is 4. The molecule has 18 heavy (non-hydrogen) atoms. The molecule has 0 aliphatic rings. The summed E-state index contributed by atoms with van der Waals surface area (Å²) in [6.07, 6.45) is 2.61. The van der Waals surface area contributed by atoms with Crippen molar-refractivity contribution in [3.05, 3.63) is 12.7 Å². The fraction of sp³-hybridized carbons (Fsp3) is 0.300. The molecule has 0 bridgehead atoms. The van der Waals surface area contributed by atoms with E-state index in [4.69, 9.17) is 5.11 Å². The molecule has 0 aliphatic heterocycles. The molecule has 2 heterocycles. The van der Waals surface area contributed by atoms with Crippen LogP contribution in [-0.2, 0) is 9.59 Å². The fourth-order valence-electron chi connectivity index (χ4n) is 1.51. The number of carboxylic acids is 1. The second-order valence-electron chi connectivity index (χ2n) is 3.74. The number of carboxylic acid groups (broad SMARTS) is 1. The number of carbonyl (C=O) groups excluding carboxylic acids is 1. The maximum atomic E-state index is 11.0. The maximum absolute atomic E-state index is 11.0. The van der Waals surface area contributed by atoms with Gasteiger partial charge in [-0.25, -0.2) is 19.7 Å². The number of fused-ring (bicyclic) bond motifs is 1. The average Bonchev–Trinajstić information content (AvgIpc) is 2.72. The Morgan fingerprint density at radius 1 is 1.39 bits per heavy atom. The number of aliphatic carboxylic acids is 1. The van der Waals surface area contributed by atoms with E-state index in [1.165, 1.54) is 31.1 Å². The number of hydrogen-bond acceptors (Lipinski definition) is 5. The summed E-state index contributed by atoms with van der Waals surface area (Å²) in [7, 11) is 0. The van der Waals surface area contributed by atoms with E-state index in [1.54, 1.807) is 0 Å². The highest BCUT2D eigenvalue weighted by atomic mass is 16.4. The van der Waals surface area contributed by atoms with E-state index in [9.17, 15) is 9.59 Å².